The van der Waals surface area contributed by atoms with Crippen molar-refractivity contribution in [2.45, 2.75) is 19.2 Å². The first-order chi connectivity index (χ1) is 15.6. The lowest BCUT2D eigenvalue weighted by Crippen LogP contribution is -2.17. The van der Waals surface area contributed by atoms with E-state index in [1.54, 1.807) is 19.2 Å². The van der Waals surface area contributed by atoms with Crippen LogP contribution >= 0.6 is 11.6 Å². The molecule has 174 valence electrons. The smallest absolute Gasteiger partial charge is 0.404 e. The number of nitrogens with one attached hydrogen (secondary N) is 3. The molecular weight excluding hydrogens is 466 g/mol. The number of anilines is 4. The second kappa shape index (κ2) is 10.3. The number of rotatable bonds is 8. The van der Waals surface area contributed by atoms with Gasteiger partial charge in [0, 0.05) is 24.8 Å². The first-order valence-corrected chi connectivity index (χ1v) is 9.92. The van der Waals surface area contributed by atoms with E-state index >= 15 is 0 Å². The predicted octanol–water partition coefficient (Wildman–Crippen LogP) is 5.33. The van der Waals surface area contributed by atoms with Crippen molar-refractivity contribution in [2.24, 2.45) is 0 Å². The summed E-state index contributed by atoms with van der Waals surface area (Å²) in [5, 5.41) is 7.83. The Balaban J connectivity index is 1.73. The number of amides is 1. The molecule has 0 saturated heterocycles. The van der Waals surface area contributed by atoms with Crippen molar-refractivity contribution in [3.8, 4) is 5.75 Å². The van der Waals surface area contributed by atoms with Crippen LogP contribution in [0.15, 0.2) is 48.7 Å². The predicted molar refractivity (Wildman–Crippen MR) is 116 cm³/mol. The summed E-state index contributed by atoms with van der Waals surface area (Å²) < 4.78 is 55.1. The van der Waals surface area contributed by atoms with E-state index in [0.717, 1.165) is 23.9 Å². The molecule has 1 amide bonds. The van der Waals surface area contributed by atoms with Crippen LogP contribution in [0.5, 0.6) is 5.75 Å². The zero-order valence-electron chi connectivity index (χ0n) is 17.1. The van der Waals surface area contributed by atoms with Gasteiger partial charge in [-0.1, -0.05) is 23.7 Å². The topological polar surface area (TPSA) is 88.2 Å². The van der Waals surface area contributed by atoms with E-state index in [-0.39, 0.29) is 28.4 Å². The number of benzene rings is 2. The summed E-state index contributed by atoms with van der Waals surface area (Å²) in [4.78, 5) is 19.4. The second-order valence-electron chi connectivity index (χ2n) is 6.71. The maximum atomic E-state index is 14.2. The minimum Gasteiger partial charge on any atom is -0.404 e. The van der Waals surface area contributed by atoms with Crippen molar-refractivity contribution in [1.29, 1.82) is 0 Å². The van der Waals surface area contributed by atoms with Crippen molar-refractivity contribution >= 4 is 40.6 Å². The summed E-state index contributed by atoms with van der Waals surface area (Å²) in [6.07, 6.45) is -3.09. The van der Waals surface area contributed by atoms with E-state index in [9.17, 15) is 22.4 Å². The van der Waals surface area contributed by atoms with Crippen molar-refractivity contribution in [2.75, 3.05) is 17.7 Å². The Bertz CT molecular complexity index is 1140. The minimum atomic E-state index is -4.89. The molecule has 7 nitrogen and oxygen atoms in total. The zero-order valence-corrected chi connectivity index (χ0v) is 17.9. The van der Waals surface area contributed by atoms with Gasteiger partial charge >= 0.3 is 6.36 Å². The molecule has 0 fully saturated rings. The second-order valence-corrected chi connectivity index (χ2v) is 7.11. The fourth-order valence-electron chi connectivity index (χ4n) is 2.75. The molecular formula is C21H18ClF4N5O2. The van der Waals surface area contributed by atoms with Crippen LogP contribution in [0.4, 0.5) is 40.7 Å². The molecule has 0 unspecified atom stereocenters. The number of aryl methyl sites for hydroxylation is 1. The largest absolute Gasteiger partial charge is 0.573 e. The molecule has 1 heterocycles. The molecule has 0 aliphatic heterocycles. The summed E-state index contributed by atoms with van der Waals surface area (Å²) in [7, 11) is 1.57. The first kappa shape index (κ1) is 24.1. The van der Waals surface area contributed by atoms with E-state index in [1.165, 1.54) is 6.07 Å². The molecule has 3 N–H and O–H groups in total. The molecule has 1 aromatic heterocycles. The van der Waals surface area contributed by atoms with Gasteiger partial charge in [0.1, 0.15) is 5.75 Å². The van der Waals surface area contributed by atoms with Crippen LogP contribution in [0.1, 0.15) is 12.0 Å². The summed E-state index contributed by atoms with van der Waals surface area (Å²) in [6, 6.07) is 10.6. The van der Waals surface area contributed by atoms with Crippen LogP contribution in [-0.4, -0.2) is 29.3 Å². The molecule has 0 aliphatic rings. The van der Waals surface area contributed by atoms with Gasteiger partial charge in [-0.25, -0.2) is 9.37 Å². The maximum absolute atomic E-state index is 14.2. The first-order valence-electron chi connectivity index (χ1n) is 9.54. The molecule has 3 aromatic rings. The lowest BCUT2D eigenvalue weighted by Gasteiger charge is -2.13. The molecule has 0 saturated carbocycles. The summed E-state index contributed by atoms with van der Waals surface area (Å²) >= 11 is 5.82. The Labute approximate surface area is 191 Å². The number of aromatic nitrogens is 2. The minimum absolute atomic E-state index is 0.0745. The van der Waals surface area contributed by atoms with Crippen molar-refractivity contribution in [3.05, 3.63) is 65.1 Å². The van der Waals surface area contributed by atoms with Gasteiger partial charge in [-0.15, -0.1) is 13.2 Å². The molecule has 2 aromatic carbocycles. The number of ether oxygens (including phenoxy) is 1. The third-order valence-corrected chi connectivity index (χ3v) is 4.56. The van der Waals surface area contributed by atoms with Gasteiger partial charge in [0.2, 0.25) is 11.9 Å². The standard InChI is InChI=1S/C21H18ClF4N5O2/c1-27-18(32)8-5-12-3-2-4-13(9-12)30-20-28-11-16(23)19(31-20)29-14-6-7-17(15(22)10-14)33-21(24,25)26/h2-4,6-7,9-11H,5,8H2,1H3,(H,27,32)(H2,28,29,30,31). The highest BCUT2D eigenvalue weighted by molar-refractivity contribution is 6.32. The molecule has 3 rings (SSSR count). The van der Waals surface area contributed by atoms with Crippen molar-refractivity contribution < 1.29 is 27.1 Å². The van der Waals surface area contributed by atoms with E-state index in [2.05, 4.69) is 30.7 Å². The number of alkyl halides is 3. The van der Waals surface area contributed by atoms with Gasteiger partial charge in [0.15, 0.2) is 11.6 Å². The molecule has 33 heavy (non-hydrogen) atoms. The van der Waals surface area contributed by atoms with Gasteiger partial charge < -0.3 is 20.7 Å². The van der Waals surface area contributed by atoms with Crippen LogP contribution in [-0.2, 0) is 11.2 Å². The van der Waals surface area contributed by atoms with Crippen LogP contribution in [0.3, 0.4) is 0 Å². The van der Waals surface area contributed by atoms with Crippen molar-refractivity contribution in [1.82, 2.24) is 15.3 Å². The van der Waals surface area contributed by atoms with Crippen LogP contribution in [0.25, 0.3) is 0 Å². The van der Waals surface area contributed by atoms with E-state index in [0.29, 0.717) is 18.5 Å². The Morgan fingerprint density at radius 3 is 2.58 bits per heavy atom. The Kier molecular flexibility index (Phi) is 7.54. The maximum Gasteiger partial charge on any atom is 0.573 e. The van der Waals surface area contributed by atoms with Crippen LogP contribution < -0.4 is 20.7 Å². The van der Waals surface area contributed by atoms with Gasteiger partial charge in [-0.05, 0) is 42.3 Å². The normalized spacial score (nSPS) is 11.1. The van der Waals surface area contributed by atoms with Gasteiger partial charge in [-0.3, -0.25) is 4.79 Å². The third kappa shape index (κ3) is 7.21. The third-order valence-electron chi connectivity index (χ3n) is 4.27. The lowest BCUT2D eigenvalue weighted by atomic mass is 10.1. The van der Waals surface area contributed by atoms with Crippen LogP contribution in [0, 0.1) is 5.82 Å². The van der Waals surface area contributed by atoms with Gasteiger partial charge in [0.25, 0.3) is 0 Å². The highest BCUT2D eigenvalue weighted by Gasteiger charge is 2.32. The number of carbonyl (C=O) groups excluding carboxylic acids is 1. The quantitative estimate of drug-likeness (QED) is 0.375. The number of hydrogen-bond acceptors (Lipinski definition) is 6. The number of nitrogens with zero attached hydrogens (tertiary/aromatic N) is 2. The lowest BCUT2D eigenvalue weighted by molar-refractivity contribution is -0.274. The van der Waals surface area contributed by atoms with Gasteiger partial charge in [-0.2, -0.15) is 4.98 Å². The fourth-order valence-corrected chi connectivity index (χ4v) is 2.97. The number of carbonyl (C=O) groups is 1. The molecule has 0 atom stereocenters. The Hall–Kier alpha value is -3.60. The SMILES string of the molecule is CNC(=O)CCc1cccc(Nc2ncc(F)c(Nc3ccc(OC(F)(F)F)c(Cl)c3)n2)c1. The monoisotopic (exact) mass is 483 g/mol. The average Bonchev–Trinajstić information content (AvgIpc) is 2.76. The Morgan fingerprint density at radius 2 is 1.88 bits per heavy atom. The molecule has 12 heteroatoms. The molecule has 0 radical (unpaired) electrons. The van der Waals surface area contributed by atoms with E-state index in [4.69, 9.17) is 11.6 Å². The highest BCUT2D eigenvalue weighted by atomic mass is 35.5. The fraction of sp³-hybridized carbons (Fsp3) is 0.190. The summed E-state index contributed by atoms with van der Waals surface area (Å²) in [6.45, 7) is 0. The van der Waals surface area contributed by atoms with Crippen LogP contribution in [0.2, 0.25) is 5.02 Å². The zero-order chi connectivity index (χ0) is 24.0. The summed E-state index contributed by atoms with van der Waals surface area (Å²) in [5.74, 6) is -1.60. The van der Waals surface area contributed by atoms with E-state index < -0.39 is 17.9 Å². The van der Waals surface area contributed by atoms with Gasteiger partial charge in [0.05, 0.1) is 11.2 Å². The number of halogens is 5. The molecule has 0 spiro atoms. The summed E-state index contributed by atoms with van der Waals surface area (Å²) in [5.41, 5.74) is 1.72. The van der Waals surface area contributed by atoms with E-state index in [1.807, 2.05) is 12.1 Å². The van der Waals surface area contributed by atoms with Crippen molar-refractivity contribution in [3.63, 3.8) is 0 Å². The molecule has 0 bridgehead atoms. The Morgan fingerprint density at radius 1 is 1.12 bits per heavy atom. The molecule has 0 aliphatic carbocycles. The number of hydrogen-bond donors (Lipinski definition) is 3. The highest BCUT2D eigenvalue weighted by Crippen LogP contribution is 2.33. The average molecular weight is 484 g/mol.